The fourth-order valence-corrected chi connectivity index (χ4v) is 5.42. The normalized spacial score (nSPS) is 14.1. The lowest BCUT2D eigenvalue weighted by Crippen LogP contribution is -2.48. The minimum atomic E-state index is -1.04. The van der Waals surface area contributed by atoms with E-state index in [4.69, 9.17) is 22.9 Å². The van der Waals surface area contributed by atoms with Gasteiger partial charge in [0.1, 0.15) is 17.3 Å². The van der Waals surface area contributed by atoms with Gasteiger partial charge < -0.3 is 43.8 Å². The van der Waals surface area contributed by atoms with E-state index in [0.29, 0.717) is 24.0 Å². The van der Waals surface area contributed by atoms with E-state index in [1.165, 1.54) is 24.3 Å². The number of rotatable bonds is 22. The largest absolute Gasteiger partial charge is 0.508 e. The second kappa shape index (κ2) is 20.6. The van der Waals surface area contributed by atoms with E-state index < -0.39 is 53.3 Å². The van der Waals surface area contributed by atoms with E-state index in [0.717, 1.165) is 0 Å². The molecule has 14 heteroatoms. The summed E-state index contributed by atoms with van der Waals surface area (Å²) in [5, 5.41) is 24.8. The van der Waals surface area contributed by atoms with Gasteiger partial charge in [-0.15, -0.1) is 0 Å². The summed E-state index contributed by atoms with van der Waals surface area (Å²) in [4.78, 5) is 70.4. The first-order chi connectivity index (χ1) is 23.6. The highest BCUT2D eigenvalue weighted by molar-refractivity contribution is 5.96. The molecule has 0 fully saturated rings. The summed E-state index contributed by atoms with van der Waals surface area (Å²) in [6.45, 7) is 5.31. The number of carbonyl (C=O) groups is 5. The highest BCUT2D eigenvalue weighted by Crippen LogP contribution is 2.20. The SMILES string of the molecule is CC(C)C[C@H](N)C(=O)C[C@@H](Cc1ccc(O)cc1)C(=O)N[C@@H](CCCN=C(N)N)C(=O)C[C@@H](C)C(=O)N[C@@H](Cc1ccc(O)cc1)C(=O)CN. The van der Waals surface area contributed by atoms with Crippen LogP contribution >= 0.6 is 0 Å². The van der Waals surface area contributed by atoms with Crippen LogP contribution in [0.4, 0.5) is 0 Å². The number of hydrogen-bond acceptors (Lipinski definition) is 10. The number of aliphatic imine (C=N–C) groups is 1. The highest BCUT2D eigenvalue weighted by Gasteiger charge is 2.31. The van der Waals surface area contributed by atoms with Crippen molar-refractivity contribution >= 4 is 35.1 Å². The molecule has 5 atom stereocenters. The molecule has 2 aromatic carbocycles. The fourth-order valence-electron chi connectivity index (χ4n) is 5.42. The zero-order valence-corrected chi connectivity index (χ0v) is 29.1. The Labute approximate surface area is 293 Å². The molecule has 0 bridgehead atoms. The Balaban J connectivity index is 2.24. The Morgan fingerprint density at radius 2 is 1.28 bits per heavy atom. The third-order valence-electron chi connectivity index (χ3n) is 8.26. The maximum atomic E-state index is 13.8. The van der Waals surface area contributed by atoms with Crippen LogP contribution in [0.2, 0.25) is 0 Å². The molecule has 0 saturated heterocycles. The smallest absolute Gasteiger partial charge is 0.224 e. The molecule has 0 aliphatic rings. The van der Waals surface area contributed by atoms with Crippen molar-refractivity contribution in [3.63, 3.8) is 0 Å². The number of ketones is 3. The number of phenolic OH excluding ortho intramolecular Hbond substituents is 2. The number of benzene rings is 2. The molecule has 2 amide bonds. The molecule has 0 radical (unpaired) electrons. The first kappa shape index (κ1) is 41.4. The van der Waals surface area contributed by atoms with Crippen LogP contribution in [-0.2, 0) is 36.8 Å². The second-order valence-electron chi connectivity index (χ2n) is 13.2. The Hall–Kier alpha value is -4.82. The number of Topliss-reactive ketones (excluding diaryl/α,β-unsaturated/α-hetero) is 3. The van der Waals surface area contributed by atoms with Crippen molar-refractivity contribution in [2.24, 2.45) is 45.7 Å². The molecule has 0 saturated carbocycles. The van der Waals surface area contributed by atoms with Gasteiger partial charge in [-0.2, -0.15) is 0 Å². The third-order valence-corrected chi connectivity index (χ3v) is 8.26. The van der Waals surface area contributed by atoms with Gasteiger partial charge in [0.15, 0.2) is 17.5 Å². The lowest BCUT2D eigenvalue weighted by atomic mass is 9.88. The van der Waals surface area contributed by atoms with E-state index in [-0.39, 0.29) is 74.4 Å². The molecule has 14 nitrogen and oxygen atoms in total. The molecular formula is C36H53N7O7. The van der Waals surface area contributed by atoms with E-state index in [1.807, 2.05) is 13.8 Å². The number of nitrogens with one attached hydrogen (secondary N) is 2. The first-order valence-corrected chi connectivity index (χ1v) is 16.8. The van der Waals surface area contributed by atoms with Crippen LogP contribution in [0, 0.1) is 17.8 Å². The predicted octanol–water partition coefficient (Wildman–Crippen LogP) is 0.978. The van der Waals surface area contributed by atoms with E-state index in [1.54, 1.807) is 31.2 Å². The van der Waals surface area contributed by atoms with Gasteiger partial charge in [0, 0.05) is 31.2 Å². The average molecular weight is 696 g/mol. The lowest BCUT2D eigenvalue weighted by molar-refractivity contribution is -0.134. The summed E-state index contributed by atoms with van der Waals surface area (Å²) >= 11 is 0. The number of hydrogen-bond donors (Lipinski definition) is 8. The van der Waals surface area contributed by atoms with Crippen LogP contribution in [-0.4, -0.2) is 76.6 Å². The number of guanidine groups is 1. The van der Waals surface area contributed by atoms with Crippen molar-refractivity contribution in [2.45, 2.75) is 83.8 Å². The quantitative estimate of drug-likeness (QED) is 0.0489. The van der Waals surface area contributed by atoms with Crippen molar-refractivity contribution < 1.29 is 34.2 Å². The number of nitrogens with zero attached hydrogens (tertiary/aromatic N) is 1. The molecule has 0 spiro atoms. The molecular weight excluding hydrogens is 642 g/mol. The molecule has 0 aliphatic carbocycles. The van der Waals surface area contributed by atoms with Crippen LogP contribution in [0.15, 0.2) is 53.5 Å². The summed E-state index contributed by atoms with van der Waals surface area (Å²) < 4.78 is 0. The first-order valence-electron chi connectivity index (χ1n) is 16.8. The van der Waals surface area contributed by atoms with Crippen LogP contribution in [0.25, 0.3) is 0 Å². The molecule has 0 heterocycles. The fraction of sp³-hybridized carbons (Fsp3) is 0.500. The van der Waals surface area contributed by atoms with E-state index in [2.05, 4.69) is 15.6 Å². The monoisotopic (exact) mass is 695 g/mol. The van der Waals surface area contributed by atoms with Gasteiger partial charge in [0.05, 0.1) is 24.7 Å². The number of amides is 2. The highest BCUT2D eigenvalue weighted by atomic mass is 16.3. The van der Waals surface area contributed by atoms with Crippen molar-refractivity contribution in [3.05, 3.63) is 59.7 Å². The molecule has 2 aromatic rings. The Morgan fingerprint density at radius 1 is 0.740 bits per heavy atom. The van der Waals surface area contributed by atoms with Gasteiger partial charge in [-0.25, -0.2) is 0 Å². The molecule has 274 valence electrons. The minimum Gasteiger partial charge on any atom is -0.508 e. The van der Waals surface area contributed by atoms with Gasteiger partial charge in [-0.1, -0.05) is 45.0 Å². The standard InChI is InChI=1S/C36H53N7O7/c1-21(2)15-28(38)31(46)19-25(17-23-6-10-26(44)11-7-23)35(50)42-29(5-4-14-41-36(39)40)32(47)16-22(3)34(49)43-30(33(48)20-37)18-24-8-12-27(45)13-9-24/h6-13,21-22,25,28-30,44-45H,4-5,14-20,37-38H2,1-3H3,(H,42,50)(H,43,49)(H4,39,40,41)/t22-,25-,28+,29+,30+/m1/s1. The second-order valence-corrected chi connectivity index (χ2v) is 13.2. The molecule has 2 rings (SSSR count). The number of carbonyl (C=O) groups excluding carboxylic acids is 5. The van der Waals surface area contributed by atoms with Gasteiger partial charge in [-0.05, 0) is 73.4 Å². The van der Waals surface area contributed by atoms with Crippen LogP contribution < -0.4 is 33.6 Å². The Morgan fingerprint density at radius 3 is 1.80 bits per heavy atom. The molecule has 0 aliphatic heterocycles. The topological polar surface area (TPSA) is 266 Å². The zero-order valence-electron chi connectivity index (χ0n) is 29.1. The van der Waals surface area contributed by atoms with E-state index in [9.17, 15) is 34.2 Å². The lowest BCUT2D eigenvalue weighted by Gasteiger charge is -2.24. The summed E-state index contributed by atoms with van der Waals surface area (Å²) in [6.07, 6.45) is 0.790. The zero-order chi connectivity index (χ0) is 37.4. The summed E-state index contributed by atoms with van der Waals surface area (Å²) in [6, 6.07) is 9.70. The van der Waals surface area contributed by atoms with Gasteiger partial charge in [0.25, 0.3) is 0 Å². The Bertz CT molecular complexity index is 1460. The summed E-state index contributed by atoms with van der Waals surface area (Å²) in [5.41, 5.74) is 24.0. The maximum Gasteiger partial charge on any atom is 0.224 e. The van der Waals surface area contributed by atoms with Crippen molar-refractivity contribution in [1.82, 2.24) is 10.6 Å². The maximum absolute atomic E-state index is 13.8. The number of phenols is 2. The molecule has 0 aromatic heterocycles. The van der Waals surface area contributed by atoms with Gasteiger partial charge in [-0.3, -0.25) is 29.0 Å². The van der Waals surface area contributed by atoms with Gasteiger partial charge >= 0.3 is 0 Å². The molecule has 12 N–H and O–H groups in total. The van der Waals surface area contributed by atoms with Crippen LogP contribution in [0.5, 0.6) is 11.5 Å². The predicted molar refractivity (Wildman–Crippen MR) is 191 cm³/mol. The Kier molecular flexibility index (Phi) is 17.1. The van der Waals surface area contributed by atoms with Crippen molar-refractivity contribution in [2.75, 3.05) is 13.1 Å². The minimum absolute atomic E-state index is 0.0495. The van der Waals surface area contributed by atoms with Gasteiger partial charge in [0.2, 0.25) is 11.8 Å². The third kappa shape index (κ3) is 14.7. The van der Waals surface area contributed by atoms with Crippen LogP contribution in [0.3, 0.4) is 0 Å². The van der Waals surface area contributed by atoms with E-state index >= 15 is 0 Å². The average Bonchev–Trinajstić information content (AvgIpc) is 3.06. The van der Waals surface area contributed by atoms with Crippen molar-refractivity contribution in [3.8, 4) is 11.5 Å². The summed E-state index contributed by atoms with van der Waals surface area (Å²) in [5.74, 6) is -3.82. The molecule has 50 heavy (non-hydrogen) atoms. The summed E-state index contributed by atoms with van der Waals surface area (Å²) in [7, 11) is 0. The van der Waals surface area contributed by atoms with Crippen molar-refractivity contribution in [1.29, 1.82) is 0 Å². The molecule has 0 unspecified atom stereocenters. The van der Waals surface area contributed by atoms with Crippen LogP contribution in [0.1, 0.15) is 64.0 Å². The number of aromatic hydroxyl groups is 2. The number of nitrogens with two attached hydrogens (primary N) is 4.